The van der Waals surface area contributed by atoms with E-state index >= 15 is 0 Å². The molecule has 114 valence electrons. The minimum Gasteiger partial charge on any atom is -0.468 e. The van der Waals surface area contributed by atoms with Crippen LogP contribution in [-0.4, -0.2) is 30.6 Å². The molecular weight excluding hydrogens is 248 g/mol. The van der Waals surface area contributed by atoms with Crippen LogP contribution >= 0.6 is 0 Å². The van der Waals surface area contributed by atoms with Gasteiger partial charge in [0.1, 0.15) is 5.76 Å². The van der Waals surface area contributed by atoms with Crippen molar-refractivity contribution in [1.29, 1.82) is 0 Å². The third kappa shape index (κ3) is 4.35. The van der Waals surface area contributed by atoms with Crippen molar-refractivity contribution in [1.82, 2.24) is 10.2 Å². The van der Waals surface area contributed by atoms with E-state index < -0.39 is 0 Å². The van der Waals surface area contributed by atoms with Gasteiger partial charge < -0.3 is 9.73 Å². The van der Waals surface area contributed by atoms with Gasteiger partial charge in [-0.25, -0.2) is 0 Å². The Hall–Kier alpha value is -0.800. The van der Waals surface area contributed by atoms with Crippen LogP contribution in [0.4, 0.5) is 0 Å². The van der Waals surface area contributed by atoms with Gasteiger partial charge in [-0.15, -0.1) is 0 Å². The molecule has 0 aromatic carbocycles. The summed E-state index contributed by atoms with van der Waals surface area (Å²) in [6.07, 6.45) is 8.67. The number of nitrogens with zero attached hydrogens (tertiary/aromatic N) is 1. The Morgan fingerprint density at radius 1 is 1.35 bits per heavy atom. The van der Waals surface area contributed by atoms with Gasteiger partial charge >= 0.3 is 0 Å². The van der Waals surface area contributed by atoms with Crippen LogP contribution in [-0.2, 0) is 6.54 Å². The van der Waals surface area contributed by atoms with Crippen LogP contribution in [0.5, 0.6) is 0 Å². The second-order valence-electron chi connectivity index (χ2n) is 6.31. The first-order valence-electron chi connectivity index (χ1n) is 8.15. The lowest BCUT2D eigenvalue weighted by Crippen LogP contribution is -2.45. The van der Waals surface area contributed by atoms with E-state index in [4.69, 9.17) is 4.42 Å². The Bertz CT molecular complexity index is 355. The molecule has 0 radical (unpaired) electrons. The average molecular weight is 278 g/mol. The first-order chi connectivity index (χ1) is 9.70. The highest BCUT2D eigenvalue weighted by atomic mass is 16.3. The SMILES string of the molecule is CCC1CCC(N(C)C(C)CNCc2ccco2)CC1. The van der Waals surface area contributed by atoms with Gasteiger partial charge in [-0.1, -0.05) is 13.3 Å². The molecule has 1 N–H and O–H groups in total. The second kappa shape index (κ2) is 7.84. The molecule has 0 aliphatic heterocycles. The maximum Gasteiger partial charge on any atom is 0.117 e. The number of likely N-dealkylation sites (N-methyl/N-ethyl adjacent to an activating group) is 1. The van der Waals surface area contributed by atoms with Crippen LogP contribution in [0.1, 0.15) is 51.7 Å². The summed E-state index contributed by atoms with van der Waals surface area (Å²) in [5.74, 6) is 2.00. The summed E-state index contributed by atoms with van der Waals surface area (Å²) in [6.45, 7) is 6.50. The molecule has 0 amide bonds. The molecule has 3 heteroatoms. The molecule has 1 unspecified atom stereocenters. The molecule has 3 nitrogen and oxygen atoms in total. The van der Waals surface area contributed by atoms with Crippen LogP contribution in [0.25, 0.3) is 0 Å². The first kappa shape index (κ1) is 15.6. The van der Waals surface area contributed by atoms with Gasteiger partial charge in [0.25, 0.3) is 0 Å². The van der Waals surface area contributed by atoms with Crippen molar-refractivity contribution < 1.29 is 4.42 Å². The Labute approximate surface area is 123 Å². The van der Waals surface area contributed by atoms with Crippen molar-refractivity contribution in [3.8, 4) is 0 Å². The Kier molecular flexibility index (Phi) is 6.11. The van der Waals surface area contributed by atoms with Crippen molar-refractivity contribution in [3.63, 3.8) is 0 Å². The third-order valence-electron chi connectivity index (χ3n) is 4.98. The van der Waals surface area contributed by atoms with Crippen molar-refractivity contribution in [2.75, 3.05) is 13.6 Å². The van der Waals surface area contributed by atoms with Gasteiger partial charge in [-0.05, 0) is 57.7 Å². The molecule has 1 aromatic heterocycles. The molecule has 1 fully saturated rings. The van der Waals surface area contributed by atoms with Crippen LogP contribution in [0.2, 0.25) is 0 Å². The van der Waals surface area contributed by atoms with Gasteiger partial charge in [0.15, 0.2) is 0 Å². The molecule has 20 heavy (non-hydrogen) atoms. The van der Waals surface area contributed by atoms with Crippen LogP contribution in [0.15, 0.2) is 22.8 Å². The van der Waals surface area contributed by atoms with E-state index in [1.807, 2.05) is 12.1 Å². The fourth-order valence-electron chi connectivity index (χ4n) is 3.28. The number of nitrogens with one attached hydrogen (secondary N) is 1. The number of rotatable bonds is 7. The molecule has 1 saturated carbocycles. The maximum absolute atomic E-state index is 5.34. The quantitative estimate of drug-likeness (QED) is 0.825. The van der Waals surface area contributed by atoms with Crippen molar-refractivity contribution in [2.45, 2.75) is 64.6 Å². The van der Waals surface area contributed by atoms with E-state index in [9.17, 15) is 0 Å². The average Bonchev–Trinajstić information content (AvgIpc) is 2.99. The largest absolute Gasteiger partial charge is 0.468 e. The number of hydrogen-bond donors (Lipinski definition) is 1. The summed E-state index contributed by atoms with van der Waals surface area (Å²) in [5, 5.41) is 3.49. The van der Waals surface area contributed by atoms with Crippen LogP contribution < -0.4 is 5.32 Å². The van der Waals surface area contributed by atoms with Crippen molar-refractivity contribution in [2.24, 2.45) is 5.92 Å². The van der Waals surface area contributed by atoms with Crippen molar-refractivity contribution >= 4 is 0 Å². The molecule has 2 rings (SSSR count). The highest BCUT2D eigenvalue weighted by molar-refractivity contribution is 4.97. The summed E-state index contributed by atoms with van der Waals surface area (Å²) in [4.78, 5) is 2.57. The Morgan fingerprint density at radius 2 is 2.10 bits per heavy atom. The molecule has 1 aromatic rings. The first-order valence-corrected chi connectivity index (χ1v) is 8.15. The van der Waals surface area contributed by atoms with E-state index in [-0.39, 0.29) is 0 Å². The summed E-state index contributed by atoms with van der Waals surface area (Å²) in [5.41, 5.74) is 0. The fourth-order valence-corrected chi connectivity index (χ4v) is 3.28. The summed E-state index contributed by atoms with van der Waals surface area (Å²) < 4.78 is 5.34. The fraction of sp³-hybridized carbons (Fsp3) is 0.765. The lowest BCUT2D eigenvalue weighted by atomic mass is 9.84. The predicted octanol–water partition coefficient (Wildman–Crippen LogP) is 3.66. The lowest BCUT2D eigenvalue weighted by Gasteiger charge is -2.38. The highest BCUT2D eigenvalue weighted by Gasteiger charge is 2.25. The van der Waals surface area contributed by atoms with Gasteiger partial charge in [0.2, 0.25) is 0 Å². The third-order valence-corrected chi connectivity index (χ3v) is 4.98. The van der Waals surface area contributed by atoms with Gasteiger partial charge in [0, 0.05) is 18.6 Å². The molecular formula is C17H30N2O. The number of hydrogen-bond acceptors (Lipinski definition) is 3. The smallest absolute Gasteiger partial charge is 0.117 e. The topological polar surface area (TPSA) is 28.4 Å². The van der Waals surface area contributed by atoms with E-state index in [0.29, 0.717) is 6.04 Å². The molecule has 1 atom stereocenters. The van der Waals surface area contributed by atoms with Gasteiger partial charge in [0.05, 0.1) is 12.8 Å². The van der Waals surface area contributed by atoms with Crippen molar-refractivity contribution in [3.05, 3.63) is 24.2 Å². The monoisotopic (exact) mass is 278 g/mol. The predicted molar refractivity (Wildman–Crippen MR) is 83.7 cm³/mol. The van der Waals surface area contributed by atoms with Crippen LogP contribution in [0, 0.1) is 5.92 Å². The Morgan fingerprint density at radius 3 is 2.70 bits per heavy atom. The molecule has 0 spiro atoms. The zero-order valence-corrected chi connectivity index (χ0v) is 13.3. The molecule has 0 bridgehead atoms. The van der Waals surface area contributed by atoms with Gasteiger partial charge in [-0.2, -0.15) is 0 Å². The normalized spacial score (nSPS) is 25.0. The molecule has 0 saturated heterocycles. The standard InChI is InChI=1S/C17H30N2O/c1-4-15-7-9-16(10-8-15)19(3)14(2)12-18-13-17-6-5-11-20-17/h5-6,11,14-16,18H,4,7-10,12-13H2,1-3H3. The highest BCUT2D eigenvalue weighted by Crippen LogP contribution is 2.29. The lowest BCUT2D eigenvalue weighted by molar-refractivity contribution is 0.125. The molecule has 1 aliphatic carbocycles. The minimum absolute atomic E-state index is 0.577. The van der Waals surface area contributed by atoms with E-state index in [0.717, 1.165) is 30.8 Å². The zero-order valence-electron chi connectivity index (χ0n) is 13.3. The maximum atomic E-state index is 5.34. The summed E-state index contributed by atoms with van der Waals surface area (Å²) in [7, 11) is 2.29. The Balaban J connectivity index is 1.67. The zero-order chi connectivity index (χ0) is 14.4. The van der Waals surface area contributed by atoms with E-state index in [1.54, 1.807) is 6.26 Å². The number of furan rings is 1. The second-order valence-corrected chi connectivity index (χ2v) is 6.31. The molecule has 1 aliphatic rings. The summed E-state index contributed by atoms with van der Waals surface area (Å²) >= 11 is 0. The summed E-state index contributed by atoms with van der Waals surface area (Å²) in [6, 6.07) is 5.32. The van der Waals surface area contributed by atoms with Crippen LogP contribution in [0.3, 0.4) is 0 Å². The molecule has 1 heterocycles. The minimum atomic E-state index is 0.577. The van der Waals surface area contributed by atoms with E-state index in [1.165, 1.54) is 32.1 Å². The van der Waals surface area contributed by atoms with Gasteiger partial charge in [-0.3, -0.25) is 4.90 Å². The van der Waals surface area contributed by atoms with E-state index in [2.05, 4.69) is 31.1 Å².